The lowest BCUT2D eigenvalue weighted by atomic mass is 9.98. The number of carbonyl (C=O) groups is 11. The second-order valence-corrected chi connectivity index (χ2v) is 31.1. The first-order valence-corrected chi connectivity index (χ1v) is 40.2. The van der Waals surface area contributed by atoms with Gasteiger partial charge in [0.15, 0.2) is 0 Å². The number of hydrogen-bond acceptors (Lipinski definition) is 16. The van der Waals surface area contributed by atoms with Gasteiger partial charge in [0.25, 0.3) is 0 Å². The zero-order valence-corrected chi connectivity index (χ0v) is 63.2. The molecule has 2 aromatic heterocycles. The molecule has 2 bridgehead atoms. The van der Waals surface area contributed by atoms with Crippen molar-refractivity contribution in [1.82, 2.24) is 68.0 Å². The van der Waals surface area contributed by atoms with Gasteiger partial charge in [-0.05, 0) is 133 Å². The van der Waals surface area contributed by atoms with Crippen LogP contribution in [0.1, 0.15) is 118 Å². The summed E-state index contributed by atoms with van der Waals surface area (Å²) in [5.74, 6) is -9.88. The number of nitrogens with two attached hydrogens (primary N) is 2. The first-order chi connectivity index (χ1) is 53.6. The van der Waals surface area contributed by atoms with E-state index >= 15 is 28.4 Å². The number of aliphatic carboxylic acids is 1. The highest BCUT2D eigenvalue weighted by atomic mass is 32.2. The Hall–Kier alpha value is -10.2. The second-order valence-electron chi connectivity index (χ2n) is 29.0. The molecule has 10 amide bonds. The fourth-order valence-corrected chi connectivity index (χ4v) is 16.9. The lowest BCUT2D eigenvalue weighted by Crippen LogP contribution is -2.61. The van der Waals surface area contributed by atoms with Gasteiger partial charge in [-0.15, -0.1) is 0 Å². The maximum absolute atomic E-state index is 15.6. The minimum Gasteiger partial charge on any atom is -0.481 e. The average molecular weight is 1560 g/mol. The smallest absolute Gasteiger partial charge is 0.305 e. The Morgan fingerprint density at radius 1 is 0.577 bits per heavy atom. The number of aromatic nitrogens is 2. The van der Waals surface area contributed by atoms with Gasteiger partial charge in [0.1, 0.15) is 60.0 Å². The number of nitrogens with one attached hydrogen (secondary N) is 12. The summed E-state index contributed by atoms with van der Waals surface area (Å²) in [5.41, 5.74) is 17.0. The summed E-state index contributed by atoms with van der Waals surface area (Å²) in [5, 5.41) is 40.2. The molecule has 590 valence electrons. The molecule has 4 aliphatic rings. The van der Waals surface area contributed by atoms with Crippen LogP contribution in [0.15, 0.2) is 128 Å². The number of halogens is 2. The molecule has 9 atom stereocenters. The first kappa shape index (κ1) is 81.8. The van der Waals surface area contributed by atoms with Gasteiger partial charge in [0.2, 0.25) is 59.1 Å². The number of nitrogens with zero attached hydrogens (tertiary/aromatic N) is 1. The molecule has 1 saturated carbocycles. The van der Waals surface area contributed by atoms with Gasteiger partial charge >= 0.3 is 5.97 Å². The molecular weight excluding hydrogens is 1470 g/mol. The van der Waals surface area contributed by atoms with Crippen LogP contribution < -0.4 is 64.6 Å². The number of hydrogen-bond donors (Lipinski definition) is 15. The first-order valence-electron chi connectivity index (χ1n) is 37.9. The maximum Gasteiger partial charge on any atom is 0.305 e. The predicted octanol–water partition coefficient (Wildman–Crippen LogP) is 4.78. The van der Waals surface area contributed by atoms with Gasteiger partial charge in [0, 0.05) is 102 Å². The van der Waals surface area contributed by atoms with Crippen LogP contribution in [0.4, 0.5) is 8.78 Å². The third kappa shape index (κ3) is 22.8. The third-order valence-electron chi connectivity index (χ3n) is 20.8. The minimum absolute atomic E-state index is 0.0188. The fourth-order valence-electron chi connectivity index (χ4n) is 15.0. The van der Waals surface area contributed by atoms with Crippen LogP contribution in [0.5, 0.6) is 0 Å². The third-order valence-corrected chi connectivity index (χ3v) is 22.9. The van der Waals surface area contributed by atoms with Crippen molar-refractivity contribution in [1.29, 1.82) is 0 Å². The lowest BCUT2D eigenvalue weighted by Gasteiger charge is -2.32. The zero-order chi connectivity index (χ0) is 78.6. The fraction of sp³-hybridized carbons (Fsp3) is 0.438. The van der Waals surface area contributed by atoms with Gasteiger partial charge in [-0.1, -0.05) is 105 Å². The molecule has 1 unspecified atom stereocenters. The minimum atomic E-state index is -2.00. The number of carbonyl (C=O) groups excluding carboxylic acids is 10. The van der Waals surface area contributed by atoms with E-state index in [0.717, 1.165) is 60.8 Å². The van der Waals surface area contributed by atoms with Crippen molar-refractivity contribution in [3.05, 3.63) is 167 Å². The van der Waals surface area contributed by atoms with E-state index in [4.69, 9.17) is 11.5 Å². The number of carboxylic acid groups (broad SMARTS) is 1. The van der Waals surface area contributed by atoms with Crippen LogP contribution in [0, 0.1) is 11.6 Å². The van der Waals surface area contributed by atoms with E-state index in [9.17, 15) is 38.3 Å². The molecule has 1 aliphatic carbocycles. The molecule has 7 aromatic rings. The van der Waals surface area contributed by atoms with Crippen LogP contribution >= 0.6 is 23.5 Å². The number of fused-ring (bicyclic) bond motifs is 5. The molecule has 2 saturated heterocycles. The second kappa shape index (κ2) is 39.1. The van der Waals surface area contributed by atoms with Gasteiger partial charge in [-0.25, -0.2) is 8.78 Å². The molecule has 0 radical (unpaired) electrons. The number of H-pyrrole nitrogens is 2. The zero-order valence-electron chi connectivity index (χ0n) is 61.6. The van der Waals surface area contributed by atoms with E-state index < -0.39 is 156 Å². The van der Waals surface area contributed by atoms with E-state index in [1.54, 1.807) is 0 Å². The van der Waals surface area contributed by atoms with Gasteiger partial charge in [-0.3, -0.25) is 63.4 Å². The van der Waals surface area contributed by atoms with Crippen molar-refractivity contribution in [2.75, 3.05) is 37.7 Å². The van der Waals surface area contributed by atoms with Crippen molar-refractivity contribution >= 4 is 110 Å². The quantitative estimate of drug-likeness (QED) is 0.0579. The summed E-state index contributed by atoms with van der Waals surface area (Å²) in [4.78, 5) is 167. The lowest BCUT2D eigenvalue weighted by molar-refractivity contribution is -0.143. The Kier molecular flexibility index (Phi) is 28.8. The number of unbranched alkanes of at least 4 members (excludes halogenated alkanes) is 1. The predicted molar refractivity (Wildman–Crippen MR) is 418 cm³/mol. The standard InChI is InChI=1S/C80H97F2N15O12S2/c81-54-22-24-59-57(36-54)52(40-85-59)34-62-74(104)91-63(35-53-41-86-60-25-23-55(82)37-58(53)60)75(105)93-65(39-71(100)101)77(107)92-64(38-56-42-88-80(96-56)27-7-1-2-8-28-80)76(106)94-66(33-47-18-20-51(21-19-47)50-14-4-3-5-15-50)79(109)97-30-11-17-68(97)78(108)95-67(72(84)102)46-111-45-49-13-10-12-48(32-49)44-110-31-26-69(98)89-61(16-6-9-29-83)73(103)87-43-70(99)90-62/h3-5,10,12-15,18-25,32,36-37,40-41,56,61-68,85-86,88,96H,1-2,6-9,11,16-17,26-31,33-35,38-39,42-46,83H2,(H2,84,102)(H,87,103)(H,89,98)(H,90,99)(H,91,104)(H,92,107)(H,93,105)(H,94,106)(H,95,108)(H,100,101)/t56?,61-,62-,63-,64-,65-,66-,67-,68-/m0/s1. The normalized spacial score (nSPS) is 23.7. The van der Waals surface area contributed by atoms with E-state index in [-0.39, 0.29) is 61.8 Å². The summed E-state index contributed by atoms with van der Waals surface area (Å²) in [7, 11) is 0. The highest BCUT2D eigenvalue weighted by molar-refractivity contribution is 7.98. The molecule has 17 N–H and O–H groups in total. The van der Waals surface area contributed by atoms with Crippen LogP contribution in [0.3, 0.4) is 0 Å². The molecule has 11 rings (SSSR count). The largest absolute Gasteiger partial charge is 0.481 e. The van der Waals surface area contributed by atoms with E-state index in [1.165, 1.54) is 77.2 Å². The van der Waals surface area contributed by atoms with Crippen molar-refractivity contribution in [2.24, 2.45) is 11.5 Å². The topological polar surface area (TPSA) is 415 Å². The highest BCUT2D eigenvalue weighted by Gasteiger charge is 2.44. The summed E-state index contributed by atoms with van der Waals surface area (Å²) < 4.78 is 30.1. The molecule has 3 fully saturated rings. The molecule has 1 spiro atoms. The number of rotatable bonds is 16. The number of primary amides is 1. The Morgan fingerprint density at radius 3 is 1.82 bits per heavy atom. The molecule has 111 heavy (non-hydrogen) atoms. The number of carboxylic acids is 1. The van der Waals surface area contributed by atoms with E-state index in [1.807, 2.05) is 78.9 Å². The van der Waals surface area contributed by atoms with Crippen LogP contribution in [-0.4, -0.2) is 183 Å². The van der Waals surface area contributed by atoms with E-state index in [2.05, 4.69) is 63.1 Å². The number of benzene rings is 5. The van der Waals surface area contributed by atoms with Crippen LogP contribution in [0.2, 0.25) is 0 Å². The Balaban J connectivity index is 0.937. The highest BCUT2D eigenvalue weighted by Crippen LogP contribution is 2.31. The molecule has 27 nitrogen and oxygen atoms in total. The molecule has 5 aromatic carbocycles. The Labute approximate surface area is 649 Å². The summed E-state index contributed by atoms with van der Waals surface area (Å²) >= 11 is 2.84. The number of thioether (sulfide) groups is 2. The maximum atomic E-state index is 15.6. The average Bonchev–Trinajstić information content (AvgIpc) is 1.72. The molecular formula is C80H97F2N15O12S2. The number of amides is 10. The van der Waals surface area contributed by atoms with Crippen LogP contribution in [-0.2, 0) is 83.5 Å². The van der Waals surface area contributed by atoms with Crippen molar-refractivity contribution < 1.29 is 66.6 Å². The summed E-state index contributed by atoms with van der Waals surface area (Å²) in [6.07, 6.45) is 7.84. The van der Waals surface area contributed by atoms with Crippen LogP contribution in [0.25, 0.3) is 32.9 Å². The summed E-state index contributed by atoms with van der Waals surface area (Å²) in [6, 6.07) is 20.1. The van der Waals surface area contributed by atoms with Gasteiger partial charge in [-0.2, -0.15) is 23.5 Å². The SMILES string of the molecule is NCCCC[C@@H]1NC(=O)CCSCc2cccc(c2)CSC[C@@H](C(N)=O)NC(=O)[C@@H]2CCCN2C(=O)[C@H](Cc2ccc(-c3ccccc3)cc2)NC(=O)[C@H](CC2CNC3(CCCCCC3)N2)NC(=O)[C@H](CC(=O)O)NC(=O)[C@H](Cc2c[nH]c3ccc(F)cc23)NC(=O)[C@H](Cc2c[nH]c3ccc(F)cc23)NC(=O)CNC1=O. The Bertz CT molecular complexity index is 4480. The van der Waals surface area contributed by atoms with Crippen molar-refractivity contribution in [2.45, 2.75) is 181 Å². The monoisotopic (exact) mass is 1560 g/mol. The summed E-state index contributed by atoms with van der Waals surface area (Å²) in [6.45, 7) is -0.0175. The van der Waals surface area contributed by atoms with Gasteiger partial charge in [0.05, 0.1) is 18.6 Å². The van der Waals surface area contributed by atoms with Crippen molar-refractivity contribution in [3.63, 3.8) is 0 Å². The molecule has 31 heteroatoms. The van der Waals surface area contributed by atoms with E-state index in [0.29, 0.717) is 77.2 Å². The molecule has 5 heterocycles. The molecule has 3 aliphatic heterocycles. The Morgan fingerprint density at radius 2 is 1.17 bits per heavy atom. The van der Waals surface area contributed by atoms with Crippen molar-refractivity contribution in [3.8, 4) is 11.1 Å². The van der Waals surface area contributed by atoms with Gasteiger partial charge < -0.3 is 74.0 Å². The number of aromatic amines is 2.